The largest absolute Gasteiger partial charge is 0.378 e. The van der Waals surface area contributed by atoms with Crippen molar-refractivity contribution in [2.75, 3.05) is 17.2 Å². The maximum Gasteiger partial charge on any atom is 0.353 e. The lowest BCUT2D eigenvalue weighted by molar-refractivity contribution is -0.383. The number of pyridine rings is 1. The smallest absolute Gasteiger partial charge is 0.353 e. The van der Waals surface area contributed by atoms with Crippen molar-refractivity contribution in [1.82, 2.24) is 15.0 Å². The SMILES string of the molecule is CCN(Cc1ccccn1)c1ncnc(N)c1[N+](=O)[O-]. The van der Waals surface area contributed by atoms with Crippen molar-refractivity contribution in [2.45, 2.75) is 13.5 Å². The zero-order chi connectivity index (χ0) is 14.5. The third-order valence-electron chi connectivity index (χ3n) is 2.77. The van der Waals surface area contributed by atoms with E-state index in [0.29, 0.717) is 13.1 Å². The third kappa shape index (κ3) is 2.79. The number of anilines is 2. The summed E-state index contributed by atoms with van der Waals surface area (Å²) in [6.07, 6.45) is 2.89. The van der Waals surface area contributed by atoms with E-state index in [9.17, 15) is 10.1 Å². The van der Waals surface area contributed by atoms with Gasteiger partial charge in [0, 0.05) is 12.7 Å². The minimum Gasteiger partial charge on any atom is -0.378 e. The molecule has 0 fully saturated rings. The van der Waals surface area contributed by atoms with Crippen molar-refractivity contribution in [3.63, 3.8) is 0 Å². The summed E-state index contributed by atoms with van der Waals surface area (Å²) in [5.74, 6) is 0.0649. The lowest BCUT2D eigenvalue weighted by Crippen LogP contribution is -2.25. The first kappa shape index (κ1) is 13.7. The molecule has 0 aliphatic rings. The molecule has 0 atom stereocenters. The number of hydrogen-bond acceptors (Lipinski definition) is 7. The van der Waals surface area contributed by atoms with Crippen LogP contribution in [-0.2, 0) is 6.54 Å². The van der Waals surface area contributed by atoms with Crippen molar-refractivity contribution in [3.8, 4) is 0 Å². The highest BCUT2D eigenvalue weighted by Gasteiger charge is 2.25. The van der Waals surface area contributed by atoms with Gasteiger partial charge in [0.1, 0.15) is 6.33 Å². The second-order valence-electron chi connectivity index (χ2n) is 4.02. The summed E-state index contributed by atoms with van der Waals surface area (Å²) in [5.41, 5.74) is 6.09. The Balaban J connectivity index is 2.37. The molecular formula is C12H14N6O2. The van der Waals surface area contributed by atoms with Crippen LogP contribution in [0.5, 0.6) is 0 Å². The fourth-order valence-electron chi connectivity index (χ4n) is 1.81. The molecular weight excluding hydrogens is 260 g/mol. The molecule has 0 aliphatic heterocycles. The van der Waals surface area contributed by atoms with Gasteiger partial charge in [0.15, 0.2) is 0 Å². The van der Waals surface area contributed by atoms with Crippen LogP contribution in [-0.4, -0.2) is 26.4 Å². The summed E-state index contributed by atoms with van der Waals surface area (Å²) in [7, 11) is 0. The summed E-state index contributed by atoms with van der Waals surface area (Å²) in [6.45, 7) is 2.83. The normalized spacial score (nSPS) is 10.2. The van der Waals surface area contributed by atoms with Crippen LogP contribution in [0.2, 0.25) is 0 Å². The van der Waals surface area contributed by atoms with Crippen LogP contribution in [0, 0.1) is 10.1 Å². The van der Waals surface area contributed by atoms with Crippen LogP contribution in [0.3, 0.4) is 0 Å². The van der Waals surface area contributed by atoms with Gasteiger partial charge >= 0.3 is 5.69 Å². The molecule has 0 unspecified atom stereocenters. The molecule has 0 saturated heterocycles. The fourth-order valence-corrected chi connectivity index (χ4v) is 1.81. The monoisotopic (exact) mass is 274 g/mol. The van der Waals surface area contributed by atoms with Crippen LogP contribution in [0.15, 0.2) is 30.7 Å². The van der Waals surface area contributed by atoms with E-state index >= 15 is 0 Å². The van der Waals surface area contributed by atoms with E-state index in [0.717, 1.165) is 5.69 Å². The zero-order valence-corrected chi connectivity index (χ0v) is 10.9. The number of aromatic nitrogens is 3. The Morgan fingerprint density at radius 2 is 2.15 bits per heavy atom. The molecule has 0 spiro atoms. The zero-order valence-electron chi connectivity index (χ0n) is 10.9. The summed E-state index contributed by atoms with van der Waals surface area (Å²) < 4.78 is 0. The first-order valence-electron chi connectivity index (χ1n) is 6.03. The number of nitrogen functional groups attached to an aromatic ring is 1. The van der Waals surface area contributed by atoms with Gasteiger partial charge in [-0.25, -0.2) is 9.97 Å². The highest BCUT2D eigenvalue weighted by atomic mass is 16.6. The Morgan fingerprint density at radius 1 is 1.35 bits per heavy atom. The van der Waals surface area contributed by atoms with E-state index in [1.807, 2.05) is 25.1 Å². The van der Waals surface area contributed by atoms with Gasteiger partial charge in [0.2, 0.25) is 11.6 Å². The second kappa shape index (κ2) is 5.91. The predicted octanol–water partition coefficient (Wildman–Crippen LogP) is 1.39. The maximum absolute atomic E-state index is 11.1. The van der Waals surface area contributed by atoms with E-state index in [-0.39, 0.29) is 17.3 Å². The Morgan fingerprint density at radius 3 is 2.75 bits per heavy atom. The molecule has 2 aromatic heterocycles. The number of nitro groups is 1. The van der Waals surface area contributed by atoms with Gasteiger partial charge in [-0.05, 0) is 19.1 Å². The molecule has 20 heavy (non-hydrogen) atoms. The fraction of sp³-hybridized carbons (Fsp3) is 0.250. The average Bonchev–Trinajstić information content (AvgIpc) is 2.45. The predicted molar refractivity (Wildman–Crippen MR) is 74.1 cm³/mol. The molecule has 0 bridgehead atoms. The van der Waals surface area contributed by atoms with Crippen LogP contribution in [0.4, 0.5) is 17.3 Å². The van der Waals surface area contributed by atoms with Crippen LogP contribution in [0.25, 0.3) is 0 Å². The lowest BCUT2D eigenvalue weighted by Gasteiger charge is -2.21. The molecule has 8 nitrogen and oxygen atoms in total. The van der Waals surface area contributed by atoms with Crippen molar-refractivity contribution < 1.29 is 4.92 Å². The van der Waals surface area contributed by atoms with Crippen molar-refractivity contribution in [2.24, 2.45) is 0 Å². The van der Waals surface area contributed by atoms with Crippen LogP contribution in [0.1, 0.15) is 12.6 Å². The minimum atomic E-state index is -0.564. The van der Waals surface area contributed by atoms with Crippen molar-refractivity contribution >= 4 is 17.3 Å². The molecule has 0 aromatic carbocycles. The van der Waals surface area contributed by atoms with Gasteiger partial charge in [-0.15, -0.1) is 0 Å². The van der Waals surface area contributed by atoms with E-state index in [4.69, 9.17) is 5.73 Å². The Hall–Kier alpha value is -2.77. The average molecular weight is 274 g/mol. The molecule has 2 heterocycles. The van der Waals surface area contributed by atoms with Gasteiger partial charge in [-0.1, -0.05) is 6.07 Å². The van der Waals surface area contributed by atoms with Gasteiger partial charge in [-0.3, -0.25) is 15.1 Å². The molecule has 0 amide bonds. The molecule has 0 saturated carbocycles. The van der Waals surface area contributed by atoms with E-state index < -0.39 is 4.92 Å². The van der Waals surface area contributed by atoms with Gasteiger partial charge < -0.3 is 10.6 Å². The van der Waals surface area contributed by atoms with E-state index in [1.165, 1.54) is 6.33 Å². The van der Waals surface area contributed by atoms with Crippen LogP contribution >= 0.6 is 0 Å². The summed E-state index contributed by atoms with van der Waals surface area (Å²) >= 11 is 0. The number of rotatable bonds is 5. The first-order chi connectivity index (χ1) is 9.63. The topological polar surface area (TPSA) is 111 Å². The summed E-state index contributed by atoms with van der Waals surface area (Å²) in [4.78, 5) is 24.2. The van der Waals surface area contributed by atoms with Gasteiger partial charge in [0.05, 0.1) is 17.2 Å². The highest BCUT2D eigenvalue weighted by Crippen LogP contribution is 2.30. The Kier molecular flexibility index (Phi) is 4.04. The van der Waals surface area contributed by atoms with Crippen molar-refractivity contribution in [1.29, 1.82) is 0 Å². The standard InChI is InChI=1S/C12H14N6O2/c1-2-17(7-9-5-3-4-6-14-9)12-10(18(19)20)11(13)15-8-16-12/h3-6,8H,2,7H2,1H3,(H2,13,15,16). The summed E-state index contributed by atoms with van der Waals surface area (Å²) in [5, 5.41) is 11.1. The van der Waals surface area contributed by atoms with E-state index in [2.05, 4.69) is 15.0 Å². The minimum absolute atomic E-state index is 0.139. The van der Waals surface area contributed by atoms with Gasteiger partial charge in [-0.2, -0.15) is 0 Å². The first-order valence-corrected chi connectivity index (χ1v) is 6.03. The number of hydrogen-bond donors (Lipinski definition) is 1. The van der Waals surface area contributed by atoms with E-state index in [1.54, 1.807) is 11.1 Å². The maximum atomic E-state index is 11.1. The molecule has 2 N–H and O–H groups in total. The molecule has 0 aliphatic carbocycles. The highest BCUT2D eigenvalue weighted by molar-refractivity contribution is 5.68. The third-order valence-corrected chi connectivity index (χ3v) is 2.77. The van der Waals surface area contributed by atoms with Crippen molar-refractivity contribution in [3.05, 3.63) is 46.5 Å². The molecule has 8 heteroatoms. The van der Waals surface area contributed by atoms with Gasteiger partial charge in [0.25, 0.3) is 0 Å². The summed E-state index contributed by atoms with van der Waals surface area (Å²) in [6, 6.07) is 5.52. The second-order valence-corrected chi connectivity index (χ2v) is 4.02. The molecule has 2 rings (SSSR count). The molecule has 104 valence electrons. The van der Waals surface area contributed by atoms with Crippen LogP contribution < -0.4 is 10.6 Å². The lowest BCUT2D eigenvalue weighted by atomic mass is 10.3. The Bertz CT molecular complexity index is 604. The molecule has 2 aromatic rings. The number of nitrogens with two attached hydrogens (primary N) is 1. The quantitative estimate of drug-likeness (QED) is 0.647. The molecule has 0 radical (unpaired) electrons. The Labute approximate surface area is 115 Å². The number of nitrogens with zero attached hydrogens (tertiary/aromatic N) is 5.